The number of carbonyl (C=O) groups excluding carboxylic acids is 2. The number of piperidine rings is 1. The highest BCUT2D eigenvalue weighted by atomic mass is 16.5. The monoisotopic (exact) mass is 444 g/mol. The zero-order valence-electron chi connectivity index (χ0n) is 18.4. The second-order valence-electron chi connectivity index (χ2n) is 8.30. The van der Waals surface area contributed by atoms with Crippen LogP contribution in [-0.4, -0.2) is 47.6 Å². The predicted molar refractivity (Wildman–Crippen MR) is 127 cm³/mol. The third-order valence-corrected chi connectivity index (χ3v) is 5.86. The van der Waals surface area contributed by atoms with Gasteiger partial charge in [-0.25, -0.2) is 4.79 Å². The Kier molecular flexibility index (Phi) is 7.37. The average molecular weight is 445 g/mol. The minimum absolute atomic E-state index is 0.104. The highest BCUT2D eigenvalue weighted by Crippen LogP contribution is 2.22. The Morgan fingerprint density at radius 2 is 1.48 bits per heavy atom. The summed E-state index contributed by atoms with van der Waals surface area (Å²) in [7, 11) is 0. The van der Waals surface area contributed by atoms with Crippen LogP contribution in [0.3, 0.4) is 0 Å². The van der Waals surface area contributed by atoms with Crippen LogP contribution in [0.15, 0.2) is 78.9 Å². The number of carbonyl (C=O) groups is 2. The van der Waals surface area contributed by atoms with E-state index >= 15 is 0 Å². The molecule has 0 radical (unpaired) electrons. The molecule has 3 aromatic rings. The van der Waals surface area contributed by atoms with Gasteiger partial charge in [0.15, 0.2) is 6.61 Å². The molecule has 1 saturated heterocycles. The first-order valence-corrected chi connectivity index (χ1v) is 11.2. The number of likely N-dealkylation sites (tertiary alicyclic amines) is 1. The molecule has 6 nitrogen and oxygen atoms in total. The Morgan fingerprint density at radius 1 is 0.879 bits per heavy atom. The molecule has 0 aliphatic carbocycles. The highest BCUT2D eigenvalue weighted by molar-refractivity contribution is 5.91. The van der Waals surface area contributed by atoms with Gasteiger partial charge in [-0.05, 0) is 53.8 Å². The van der Waals surface area contributed by atoms with Crippen LogP contribution in [0.2, 0.25) is 0 Å². The Hall–Kier alpha value is -3.64. The van der Waals surface area contributed by atoms with Crippen molar-refractivity contribution in [2.45, 2.75) is 25.4 Å². The van der Waals surface area contributed by atoms with E-state index in [-0.39, 0.29) is 24.3 Å². The average Bonchev–Trinajstić information content (AvgIpc) is 2.85. The van der Waals surface area contributed by atoms with Gasteiger partial charge in [-0.2, -0.15) is 0 Å². The maximum Gasteiger partial charge on any atom is 0.338 e. The molecule has 0 unspecified atom stereocenters. The van der Waals surface area contributed by atoms with Crippen LogP contribution in [0.1, 0.15) is 28.8 Å². The van der Waals surface area contributed by atoms with Crippen molar-refractivity contribution >= 4 is 11.9 Å². The zero-order valence-corrected chi connectivity index (χ0v) is 18.4. The van der Waals surface area contributed by atoms with Crippen LogP contribution in [-0.2, 0) is 16.1 Å². The normalized spacial score (nSPS) is 14.5. The number of rotatable bonds is 7. The first-order valence-electron chi connectivity index (χ1n) is 11.2. The third-order valence-electron chi connectivity index (χ3n) is 5.86. The van der Waals surface area contributed by atoms with Crippen LogP contribution in [0, 0.1) is 0 Å². The number of phenols is 1. The first kappa shape index (κ1) is 22.6. The maximum absolute atomic E-state index is 12.3. The van der Waals surface area contributed by atoms with Crippen molar-refractivity contribution in [3.63, 3.8) is 0 Å². The van der Waals surface area contributed by atoms with E-state index in [1.54, 1.807) is 36.4 Å². The van der Waals surface area contributed by atoms with Gasteiger partial charge in [0, 0.05) is 25.7 Å². The number of ether oxygens (including phenoxy) is 1. The molecule has 2 N–H and O–H groups in total. The van der Waals surface area contributed by atoms with E-state index in [2.05, 4.69) is 22.3 Å². The summed E-state index contributed by atoms with van der Waals surface area (Å²) in [6, 6.07) is 24.3. The van der Waals surface area contributed by atoms with Gasteiger partial charge in [0.25, 0.3) is 5.91 Å². The number of aromatic hydroxyl groups is 1. The summed E-state index contributed by atoms with van der Waals surface area (Å²) in [5, 5.41) is 12.4. The molecule has 3 aromatic carbocycles. The molecule has 1 aliphatic heterocycles. The van der Waals surface area contributed by atoms with E-state index in [9.17, 15) is 14.7 Å². The van der Waals surface area contributed by atoms with Gasteiger partial charge in [-0.1, -0.05) is 54.6 Å². The summed E-state index contributed by atoms with van der Waals surface area (Å²) in [6.07, 6.45) is 1.76. The number of nitrogens with one attached hydrogen (secondary N) is 1. The molecular formula is C27H28N2O4. The Bertz CT molecular complexity index is 1060. The van der Waals surface area contributed by atoms with Gasteiger partial charge in [0.05, 0.1) is 5.56 Å². The topological polar surface area (TPSA) is 78.9 Å². The summed E-state index contributed by atoms with van der Waals surface area (Å²) in [5.41, 5.74) is 3.53. The lowest BCUT2D eigenvalue weighted by molar-refractivity contribution is -0.125. The number of benzene rings is 3. The van der Waals surface area contributed by atoms with Crippen LogP contribution < -0.4 is 5.32 Å². The smallest absolute Gasteiger partial charge is 0.338 e. The minimum Gasteiger partial charge on any atom is -0.508 e. The Labute approximate surface area is 193 Å². The molecule has 0 atom stereocenters. The third kappa shape index (κ3) is 6.43. The molecule has 6 heteroatoms. The van der Waals surface area contributed by atoms with Crippen LogP contribution in [0.4, 0.5) is 0 Å². The fourth-order valence-electron chi connectivity index (χ4n) is 4.01. The Balaban J connectivity index is 1.19. The van der Waals surface area contributed by atoms with Crippen molar-refractivity contribution in [2.24, 2.45) is 0 Å². The standard InChI is InChI=1S/C27H28N2O4/c30-25-12-10-22(11-13-25)21-6-8-23(9-7-21)27(32)33-19-26(31)28-24-14-16-29(17-15-24)18-20-4-2-1-3-5-20/h1-13,24,30H,14-19H2,(H,28,31). The number of phenolic OH excluding ortho intramolecular Hbond substituents is 1. The molecule has 1 fully saturated rings. The van der Waals surface area contributed by atoms with Gasteiger partial charge in [0.2, 0.25) is 0 Å². The van der Waals surface area contributed by atoms with Gasteiger partial charge in [-0.3, -0.25) is 9.69 Å². The second kappa shape index (κ2) is 10.8. The SMILES string of the molecule is O=C(COC(=O)c1ccc(-c2ccc(O)cc2)cc1)NC1CCN(Cc2ccccc2)CC1. The molecule has 0 aromatic heterocycles. The van der Waals surface area contributed by atoms with E-state index in [4.69, 9.17) is 4.74 Å². The number of amides is 1. The molecule has 1 amide bonds. The number of hydrogen-bond donors (Lipinski definition) is 2. The number of hydrogen-bond acceptors (Lipinski definition) is 5. The van der Waals surface area contributed by atoms with E-state index in [1.807, 2.05) is 30.3 Å². The van der Waals surface area contributed by atoms with Gasteiger partial charge >= 0.3 is 5.97 Å². The minimum atomic E-state index is -0.528. The van der Waals surface area contributed by atoms with Crippen molar-refractivity contribution in [1.29, 1.82) is 0 Å². The van der Waals surface area contributed by atoms with Crippen molar-refractivity contribution < 1.29 is 19.4 Å². The van der Waals surface area contributed by atoms with Gasteiger partial charge in [0.1, 0.15) is 5.75 Å². The summed E-state index contributed by atoms with van der Waals surface area (Å²) >= 11 is 0. The summed E-state index contributed by atoms with van der Waals surface area (Å²) in [4.78, 5) is 27.0. The van der Waals surface area contributed by atoms with Gasteiger partial charge < -0.3 is 15.2 Å². The molecule has 33 heavy (non-hydrogen) atoms. The molecule has 0 saturated carbocycles. The lowest BCUT2D eigenvalue weighted by Crippen LogP contribution is -2.45. The van der Waals surface area contributed by atoms with Crippen molar-refractivity contribution in [1.82, 2.24) is 10.2 Å². The molecule has 4 rings (SSSR count). The predicted octanol–water partition coefficient (Wildman–Crippen LogP) is 4.00. The van der Waals surface area contributed by atoms with E-state index in [0.29, 0.717) is 5.56 Å². The summed E-state index contributed by atoms with van der Waals surface area (Å²) in [5.74, 6) is -0.597. The maximum atomic E-state index is 12.3. The second-order valence-corrected chi connectivity index (χ2v) is 8.30. The fourth-order valence-corrected chi connectivity index (χ4v) is 4.01. The molecule has 0 bridgehead atoms. The zero-order chi connectivity index (χ0) is 23.0. The van der Waals surface area contributed by atoms with Crippen LogP contribution >= 0.6 is 0 Å². The summed E-state index contributed by atoms with van der Waals surface area (Å²) in [6.45, 7) is 2.48. The first-order chi connectivity index (χ1) is 16.1. The Morgan fingerprint density at radius 3 is 2.12 bits per heavy atom. The van der Waals surface area contributed by atoms with E-state index in [0.717, 1.165) is 43.6 Å². The van der Waals surface area contributed by atoms with Crippen molar-refractivity contribution in [3.05, 3.63) is 90.0 Å². The summed E-state index contributed by atoms with van der Waals surface area (Å²) < 4.78 is 5.20. The lowest BCUT2D eigenvalue weighted by Gasteiger charge is -2.32. The molecule has 1 heterocycles. The molecule has 1 aliphatic rings. The molecular weight excluding hydrogens is 416 g/mol. The molecule has 170 valence electrons. The molecule has 0 spiro atoms. The quantitative estimate of drug-likeness (QED) is 0.539. The van der Waals surface area contributed by atoms with Crippen molar-refractivity contribution in [2.75, 3.05) is 19.7 Å². The van der Waals surface area contributed by atoms with E-state index in [1.165, 1.54) is 5.56 Å². The fraction of sp³-hybridized carbons (Fsp3) is 0.259. The number of esters is 1. The van der Waals surface area contributed by atoms with Gasteiger partial charge in [-0.15, -0.1) is 0 Å². The van der Waals surface area contributed by atoms with E-state index < -0.39 is 5.97 Å². The number of nitrogens with zero attached hydrogens (tertiary/aromatic N) is 1. The van der Waals surface area contributed by atoms with Crippen molar-refractivity contribution in [3.8, 4) is 16.9 Å². The highest BCUT2D eigenvalue weighted by Gasteiger charge is 2.21. The van der Waals surface area contributed by atoms with Crippen LogP contribution in [0.25, 0.3) is 11.1 Å². The largest absolute Gasteiger partial charge is 0.508 e. The lowest BCUT2D eigenvalue weighted by atomic mass is 10.0. The van der Waals surface area contributed by atoms with Crippen LogP contribution in [0.5, 0.6) is 5.75 Å².